The minimum absolute atomic E-state index is 0.0334. The van der Waals surface area contributed by atoms with Gasteiger partial charge in [-0.05, 0) is 20.8 Å². The van der Waals surface area contributed by atoms with Crippen molar-refractivity contribution in [1.82, 2.24) is 5.32 Å². The molecule has 0 aromatic carbocycles. The van der Waals surface area contributed by atoms with E-state index in [1.165, 1.54) is 20.8 Å². The van der Waals surface area contributed by atoms with Crippen LogP contribution in [-0.4, -0.2) is 43.1 Å². The van der Waals surface area contributed by atoms with Gasteiger partial charge in [0.1, 0.15) is 5.25 Å². The average molecular weight is 223 g/mol. The van der Waals surface area contributed by atoms with Gasteiger partial charge in [0.2, 0.25) is 5.91 Å². The molecule has 0 rings (SSSR count). The Hall–Kier alpha value is -0.620. The van der Waals surface area contributed by atoms with E-state index in [-0.39, 0.29) is 6.54 Å². The molecule has 0 aliphatic rings. The lowest BCUT2D eigenvalue weighted by molar-refractivity contribution is -0.121. The Labute approximate surface area is 84.4 Å². The molecular formula is C8H17NO4S. The van der Waals surface area contributed by atoms with Crippen LogP contribution >= 0.6 is 0 Å². The van der Waals surface area contributed by atoms with Gasteiger partial charge in [0.05, 0.1) is 5.60 Å². The van der Waals surface area contributed by atoms with Crippen LogP contribution in [0.4, 0.5) is 0 Å². The quantitative estimate of drug-likeness (QED) is 0.660. The van der Waals surface area contributed by atoms with Crippen molar-refractivity contribution in [2.24, 2.45) is 0 Å². The second-order valence-corrected chi connectivity index (χ2v) is 6.37. The molecule has 0 aromatic heterocycles. The molecule has 0 aliphatic heterocycles. The summed E-state index contributed by atoms with van der Waals surface area (Å²) in [4.78, 5) is 11.2. The summed E-state index contributed by atoms with van der Waals surface area (Å²) in [6.07, 6.45) is 1.00. The fraction of sp³-hybridized carbons (Fsp3) is 0.875. The topological polar surface area (TPSA) is 83.5 Å². The van der Waals surface area contributed by atoms with Crippen LogP contribution in [0, 0.1) is 0 Å². The molecule has 0 saturated heterocycles. The zero-order valence-corrected chi connectivity index (χ0v) is 9.68. The van der Waals surface area contributed by atoms with Crippen molar-refractivity contribution in [2.75, 3.05) is 12.8 Å². The van der Waals surface area contributed by atoms with E-state index >= 15 is 0 Å². The molecule has 0 saturated carbocycles. The van der Waals surface area contributed by atoms with E-state index in [1.807, 2.05) is 0 Å². The Morgan fingerprint density at radius 3 is 2.21 bits per heavy atom. The average Bonchev–Trinajstić information content (AvgIpc) is 1.95. The van der Waals surface area contributed by atoms with E-state index in [2.05, 4.69) is 5.32 Å². The summed E-state index contributed by atoms with van der Waals surface area (Å²) in [7, 11) is -3.36. The maximum absolute atomic E-state index is 11.2. The minimum atomic E-state index is -3.36. The second-order valence-electron chi connectivity index (χ2n) is 4.00. The summed E-state index contributed by atoms with van der Waals surface area (Å²) < 4.78 is 21.9. The van der Waals surface area contributed by atoms with E-state index in [0.29, 0.717) is 0 Å². The molecule has 6 heteroatoms. The van der Waals surface area contributed by atoms with Crippen molar-refractivity contribution in [2.45, 2.75) is 31.6 Å². The molecule has 0 spiro atoms. The fourth-order valence-corrected chi connectivity index (χ4v) is 1.11. The standard InChI is InChI=1S/C8H17NO4S/c1-6(14(4,12)13)7(10)9-5-8(2,3)11/h6,11H,5H2,1-4H3,(H,9,10). The summed E-state index contributed by atoms with van der Waals surface area (Å²) in [5.41, 5.74) is -1.03. The molecule has 1 amide bonds. The molecule has 1 atom stereocenters. The lowest BCUT2D eigenvalue weighted by Gasteiger charge is -2.19. The third-order valence-corrected chi connectivity index (χ3v) is 3.21. The molecule has 1 unspecified atom stereocenters. The predicted octanol–water partition coefficient (Wildman–Crippen LogP) is -0.693. The molecular weight excluding hydrogens is 206 g/mol. The van der Waals surface area contributed by atoms with Crippen LogP contribution in [-0.2, 0) is 14.6 Å². The lowest BCUT2D eigenvalue weighted by Crippen LogP contribution is -2.44. The molecule has 0 radical (unpaired) electrons. The van der Waals surface area contributed by atoms with Gasteiger partial charge in [0.15, 0.2) is 9.84 Å². The Morgan fingerprint density at radius 2 is 1.93 bits per heavy atom. The summed E-state index contributed by atoms with van der Waals surface area (Å²) in [5, 5.41) is 10.6. The summed E-state index contributed by atoms with van der Waals surface area (Å²) >= 11 is 0. The third-order valence-electron chi connectivity index (χ3n) is 1.71. The van der Waals surface area contributed by atoms with Crippen LogP contribution in [0.2, 0.25) is 0 Å². The molecule has 0 aliphatic carbocycles. The maximum atomic E-state index is 11.2. The fourth-order valence-electron chi connectivity index (χ4n) is 0.642. The van der Waals surface area contributed by atoms with Gasteiger partial charge in [-0.1, -0.05) is 0 Å². The Morgan fingerprint density at radius 1 is 1.50 bits per heavy atom. The van der Waals surface area contributed by atoms with Crippen LogP contribution in [0.25, 0.3) is 0 Å². The molecule has 84 valence electrons. The highest BCUT2D eigenvalue weighted by atomic mass is 32.2. The lowest BCUT2D eigenvalue weighted by atomic mass is 10.1. The molecule has 0 heterocycles. The van der Waals surface area contributed by atoms with Crippen LogP contribution in [0.5, 0.6) is 0 Å². The second kappa shape index (κ2) is 4.27. The predicted molar refractivity (Wildman–Crippen MR) is 53.6 cm³/mol. The van der Waals surface area contributed by atoms with Crippen molar-refractivity contribution in [1.29, 1.82) is 0 Å². The third kappa shape index (κ3) is 5.18. The Kier molecular flexibility index (Phi) is 4.08. The van der Waals surface area contributed by atoms with Crippen LogP contribution in [0.3, 0.4) is 0 Å². The molecule has 14 heavy (non-hydrogen) atoms. The van der Waals surface area contributed by atoms with Crippen molar-refractivity contribution in [3.63, 3.8) is 0 Å². The van der Waals surface area contributed by atoms with Crippen LogP contribution in [0.15, 0.2) is 0 Å². The van der Waals surface area contributed by atoms with E-state index in [0.717, 1.165) is 6.26 Å². The van der Waals surface area contributed by atoms with Gasteiger partial charge >= 0.3 is 0 Å². The molecule has 5 nitrogen and oxygen atoms in total. The van der Waals surface area contributed by atoms with Gasteiger partial charge in [-0.2, -0.15) is 0 Å². The highest BCUT2D eigenvalue weighted by Gasteiger charge is 2.24. The Bertz CT molecular complexity index is 302. The van der Waals surface area contributed by atoms with E-state index in [9.17, 15) is 18.3 Å². The van der Waals surface area contributed by atoms with Gasteiger partial charge < -0.3 is 10.4 Å². The smallest absolute Gasteiger partial charge is 0.238 e. The molecule has 0 fully saturated rings. The number of sulfone groups is 1. The van der Waals surface area contributed by atoms with E-state index in [1.54, 1.807) is 0 Å². The number of aliphatic hydroxyl groups is 1. The zero-order valence-electron chi connectivity index (χ0n) is 8.86. The number of carbonyl (C=O) groups excluding carboxylic acids is 1. The number of hydrogen-bond acceptors (Lipinski definition) is 4. The largest absolute Gasteiger partial charge is 0.389 e. The van der Waals surface area contributed by atoms with Crippen molar-refractivity contribution >= 4 is 15.7 Å². The summed E-state index contributed by atoms with van der Waals surface area (Å²) in [5.74, 6) is -0.588. The molecule has 2 N–H and O–H groups in total. The first-order valence-electron chi connectivity index (χ1n) is 4.23. The van der Waals surface area contributed by atoms with Crippen molar-refractivity contribution < 1.29 is 18.3 Å². The van der Waals surface area contributed by atoms with Gasteiger partial charge in [-0.3, -0.25) is 4.79 Å². The van der Waals surface area contributed by atoms with Gasteiger partial charge in [0, 0.05) is 12.8 Å². The van der Waals surface area contributed by atoms with Crippen molar-refractivity contribution in [3.8, 4) is 0 Å². The molecule has 0 aromatic rings. The van der Waals surface area contributed by atoms with Gasteiger partial charge in [-0.25, -0.2) is 8.42 Å². The van der Waals surface area contributed by atoms with Crippen molar-refractivity contribution in [3.05, 3.63) is 0 Å². The first-order chi connectivity index (χ1) is 6.04. The zero-order chi connectivity index (χ0) is 11.6. The summed E-state index contributed by atoms with van der Waals surface area (Å²) in [6.45, 7) is 4.40. The number of hydrogen-bond donors (Lipinski definition) is 2. The monoisotopic (exact) mass is 223 g/mol. The first-order valence-corrected chi connectivity index (χ1v) is 6.18. The van der Waals surface area contributed by atoms with Crippen LogP contribution in [0.1, 0.15) is 20.8 Å². The van der Waals surface area contributed by atoms with E-state index < -0.39 is 26.6 Å². The first kappa shape index (κ1) is 13.4. The SMILES string of the molecule is CC(C(=O)NCC(C)(C)O)S(C)(=O)=O. The Balaban J connectivity index is 4.25. The highest BCUT2D eigenvalue weighted by molar-refractivity contribution is 7.92. The number of amides is 1. The van der Waals surface area contributed by atoms with Gasteiger partial charge in [-0.15, -0.1) is 0 Å². The number of nitrogens with one attached hydrogen (secondary N) is 1. The summed E-state index contributed by atoms with van der Waals surface area (Å²) in [6, 6.07) is 0. The number of rotatable bonds is 4. The van der Waals surface area contributed by atoms with E-state index in [4.69, 9.17) is 0 Å². The highest BCUT2D eigenvalue weighted by Crippen LogP contribution is 2.01. The molecule has 0 bridgehead atoms. The normalized spacial score (nSPS) is 14.9. The minimum Gasteiger partial charge on any atom is -0.389 e. The number of carbonyl (C=O) groups is 1. The van der Waals surface area contributed by atoms with Gasteiger partial charge in [0.25, 0.3) is 0 Å². The van der Waals surface area contributed by atoms with Crippen LogP contribution < -0.4 is 5.32 Å². The maximum Gasteiger partial charge on any atom is 0.238 e.